The van der Waals surface area contributed by atoms with E-state index in [4.69, 9.17) is 5.73 Å². The van der Waals surface area contributed by atoms with E-state index < -0.39 is 38.1 Å². The first-order valence-corrected chi connectivity index (χ1v) is 15.4. The fourth-order valence-corrected chi connectivity index (χ4v) is 7.97. The number of ketones is 1. The highest BCUT2D eigenvalue weighted by molar-refractivity contribution is 7.93. The maximum absolute atomic E-state index is 13.9. The molecule has 0 aromatic heterocycles. The molecule has 0 spiro atoms. The van der Waals surface area contributed by atoms with Gasteiger partial charge >= 0.3 is 0 Å². The van der Waals surface area contributed by atoms with Crippen LogP contribution in [0.25, 0.3) is 0 Å². The van der Waals surface area contributed by atoms with Gasteiger partial charge in [0.15, 0.2) is 15.6 Å². The van der Waals surface area contributed by atoms with Crippen LogP contribution >= 0.6 is 0 Å². The van der Waals surface area contributed by atoms with Crippen molar-refractivity contribution >= 4 is 27.4 Å². The first-order chi connectivity index (χ1) is 16.9. The Labute approximate surface area is 215 Å². The monoisotopic (exact) mass is 521 g/mol. The summed E-state index contributed by atoms with van der Waals surface area (Å²) in [5.41, 5.74) is 5.15. The molecule has 2 saturated carbocycles. The van der Waals surface area contributed by atoms with Gasteiger partial charge in [0, 0.05) is 18.4 Å². The minimum atomic E-state index is -3.29. The van der Waals surface area contributed by atoms with Crippen LogP contribution in [0.15, 0.2) is 12.2 Å². The first-order valence-electron chi connectivity index (χ1n) is 13.7. The summed E-state index contributed by atoms with van der Waals surface area (Å²) >= 11 is 0. The lowest BCUT2D eigenvalue weighted by Gasteiger charge is -2.30. The van der Waals surface area contributed by atoms with Crippen LogP contribution in [-0.2, 0) is 24.2 Å². The summed E-state index contributed by atoms with van der Waals surface area (Å²) in [4.78, 5) is 41.9. The highest BCUT2D eigenvalue weighted by Crippen LogP contribution is 2.49. The van der Waals surface area contributed by atoms with E-state index in [0.717, 1.165) is 32.1 Å². The zero-order chi connectivity index (χ0) is 26.3. The van der Waals surface area contributed by atoms with Crippen LogP contribution < -0.4 is 11.1 Å². The summed E-state index contributed by atoms with van der Waals surface area (Å²) in [6, 6.07) is -1.23. The fraction of sp³-hybridized carbons (Fsp3) is 0.815. The predicted octanol–water partition coefficient (Wildman–Crippen LogP) is 2.51. The number of Topliss-reactive ketones (excluding diaryl/α,β-unsaturated/α-hetero) is 1. The molecule has 3 fully saturated rings. The molecule has 0 bridgehead atoms. The molecule has 1 saturated heterocycles. The van der Waals surface area contributed by atoms with Gasteiger partial charge in [0.25, 0.3) is 0 Å². The number of nitrogens with one attached hydrogen (secondary N) is 1. The highest BCUT2D eigenvalue weighted by atomic mass is 32.2. The molecule has 202 valence electrons. The summed E-state index contributed by atoms with van der Waals surface area (Å²) in [6.45, 7) is 5.89. The number of carbonyl (C=O) groups is 3. The standard InChI is InChI=1S/C27H43N3O5S/c1-18(17-36(34,35)26(3)13-14-26)19(2)23(31)27-16-20(27)10-7-5-4-6-8-11-21(28)25(33)30-15-9-12-22(30)24(32)29-27/h7,10,18-22H,4-6,8-9,11-17,28H2,1-3H3,(H,29,32). The highest BCUT2D eigenvalue weighted by Gasteiger charge is 2.61. The number of amides is 2. The lowest BCUT2D eigenvalue weighted by atomic mass is 9.87. The molecule has 2 amide bonds. The third-order valence-electron chi connectivity index (χ3n) is 9.17. The van der Waals surface area contributed by atoms with Crippen molar-refractivity contribution in [2.75, 3.05) is 12.3 Å². The van der Waals surface area contributed by atoms with Crippen molar-refractivity contribution in [2.24, 2.45) is 23.5 Å². The Balaban J connectivity index is 1.54. The van der Waals surface area contributed by atoms with E-state index in [1.807, 2.05) is 13.0 Å². The molecule has 2 aliphatic carbocycles. The van der Waals surface area contributed by atoms with Crippen molar-refractivity contribution < 1.29 is 22.8 Å². The van der Waals surface area contributed by atoms with E-state index in [0.29, 0.717) is 38.6 Å². The van der Waals surface area contributed by atoms with Gasteiger partial charge in [0.1, 0.15) is 11.6 Å². The van der Waals surface area contributed by atoms with Crippen molar-refractivity contribution in [2.45, 2.75) is 107 Å². The number of fused-ring (bicyclic) bond motifs is 2. The van der Waals surface area contributed by atoms with Gasteiger partial charge in [-0.2, -0.15) is 0 Å². The van der Waals surface area contributed by atoms with Crippen molar-refractivity contribution in [1.82, 2.24) is 10.2 Å². The molecular weight excluding hydrogens is 478 g/mol. The summed E-state index contributed by atoms with van der Waals surface area (Å²) in [6.07, 6.45) is 11.6. The van der Waals surface area contributed by atoms with Crippen LogP contribution in [0.5, 0.6) is 0 Å². The average Bonchev–Trinajstić information content (AvgIpc) is 3.68. The van der Waals surface area contributed by atoms with Crippen LogP contribution in [0.4, 0.5) is 0 Å². The Hall–Kier alpha value is -1.74. The maximum Gasteiger partial charge on any atom is 0.243 e. The van der Waals surface area contributed by atoms with Crippen molar-refractivity contribution in [3.63, 3.8) is 0 Å². The van der Waals surface area contributed by atoms with E-state index >= 15 is 0 Å². The number of hydrogen-bond donors (Lipinski definition) is 2. The number of sulfone groups is 1. The number of carbonyl (C=O) groups excluding carboxylic acids is 3. The lowest BCUT2D eigenvalue weighted by Crippen LogP contribution is -2.56. The van der Waals surface area contributed by atoms with Crippen LogP contribution in [0.2, 0.25) is 0 Å². The third-order valence-corrected chi connectivity index (χ3v) is 12.0. The molecule has 36 heavy (non-hydrogen) atoms. The Kier molecular flexibility index (Phi) is 7.73. The number of nitrogens with two attached hydrogens (primary N) is 1. The van der Waals surface area contributed by atoms with E-state index in [1.54, 1.807) is 18.7 Å². The molecule has 8 nitrogen and oxygen atoms in total. The van der Waals surface area contributed by atoms with Gasteiger partial charge in [0.05, 0.1) is 16.5 Å². The van der Waals surface area contributed by atoms with Crippen LogP contribution in [0.1, 0.15) is 85.0 Å². The Morgan fingerprint density at radius 3 is 2.58 bits per heavy atom. The molecule has 6 atom stereocenters. The van der Waals surface area contributed by atoms with E-state index in [-0.39, 0.29) is 35.2 Å². The number of nitrogens with zero attached hydrogens (tertiary/aromatic N) is 1. The summed E-state index contributed by atoms with van der Waals surface area (Å²) in [5, 5.41) is 3.06. The lowest BCUT2D eigenvalue weighted by molar-refractivity contribution is -0.141. The van der Waals surface area contributed by atoms with Gasteiger partial charge < -0.3 is 16.0 Å². The minimum Gasteiger partial charge on any atom is -0.341 e. The molecule has 0 aromatic carbocycles. The van der Waals surface area contributed by atoms with E-state index in [1.165, 1.54) is 0 Å². The molecule has 0 radical (unpaired) electrons. The maximum atomic E-state index is 13.9. The smallest absolute Gasteiger partial charge is 0.243 e. The third kappa shape index (κ3) is 5.28. The number of hydrogen-bond acceptors (Lipinski definition) is 6. The van der Waals surface area contributed by atoms with Gasteiger partial charge in [-0.3, -0.25) is 14.4 Å². The fourth-order valence-electron chi connectivity index (χ4n) is 5.86. The van der Waals surface area contributed by atoms with Crippen LogP contribution in [0, 0.1) is 17.8 Å². The Morgan fingerprint density at radius 1 is 1.17 bits per heavy atom. The van der Waals surface area contributed by atoms with Crippen molar-refractivity contribution in [1.29, 1.82) is 0 Å². The molecule has 6 unspecified atom stereocenters. The van der Waals surface area contributed by atoms with Gasteiger partial charge in [0.2, 0.25) is 11.8 Å². The van der Waals surface area contributed by atoms with Crippen LogP contribution in [0.3, 0.4) is 0 Å². The number of rotatable bonds is 6. The van der Waals surface area contributed by atoms with Gasteiger partial charge in [-0.05, 0) is 64.2 Å². The molecule has 4 rings (SSSR count). The molecule has 4 aliphatic rings. The Morgan fingerprint density at radius 2 is 1.89 bits per heavy atom. The van der Waals surface area contributed by atoms with Gasteiger partial charge in [-0.25, -0.2) is 8.42 Å². The average molecular weight is 522 g/mol. The number of allylic oxidation sites excluding steroid dienone is 1. The summed E-state index contributed by atoms with van der Waals surface area (Å²) in [7, 11) is -3.29. The summed E-state index contributed by atoms with van der Waals surface area (Å²) < 4.78 is 25.1. The SMILES string of the molecule is CC(CS(=O)(=O)C1(C)CC1)C(C)C(=O)C12CC1C=CCCCCCC(N)C(=O)N1CCCC1C(=O)N2. The van der Waals surface area contributed by atoms with Crippen LogP contribution in [-0.4, -0.2) is 65.6 Å². The van der Waals surface area contributed by atoms with E-state index in [9.17, 15) is 22.8 Å². The molecular formula is C27H43N3O5S. The molecule has 9 heteroatoms. The molecule has 3 N–H and O–H groups in total. The molecule has 2 aliphatic heterocycles. The van der Waals surface area contributed by atoms with Gasteiger partial charge in [-0.15, -0.1) is 0 Å². The van der Waals surface area contributed by atoms with E-state index in [2.05, 4.69) is 11.4 Å². The zero-order valence-electron chi connectivity index (χ0n) is 22.0. The van der Waals surface area contributed by atoms with Gasteiger partial charge in [-0.1, -0.05) is 38.8 Å². The minimum absolute atomic E-state index is 0.0241. The quantitative estimate of drug-likeness (QED) is 0.517. The van der Waals surface area contributed by atoms with Crippen molar-refractivity contribution in [3.8, 4) is 0 Å². The first kappa shape index (κ1) is 27.3. The molecule has 0 aromatic rings. The molecule has 2 heterocycles. The second kappa shape index (κ2) is 10.2. The van der Waals surface area contributed by atoms with Crippen molar-refractivity contribution in [3.05, 3.63) is 12.2 Å². The second-order valence-corrected chi connectivity index (χ2v) is 14.5. The zero-order valence-corrected chi connectivity index (χ0v) is 22.8. The topological polar surface area (TPSA) is 127 Å². The Bertz CT molecular complexity index is 1020. The normalized spacial score (nSPS) is 34.4. The second-order valence-electron chi connectivity index (χ2n) is 12.0. The predicted molar refractivity (Wildman–Crippen MR) is 139 cm³/mol. The largest absolute Gasteiger partial charge is 0.341 e. The summed E-state index contributed by atoms with van der Waals surface area (Å²) in [5.74, 6) is -1.60.